The fourth-order valence-electron chi connectivity index (χ4n) is 3.11. The van der Waals surface area contributed by atoms with Gasteiger partial charge >= 0.3 is 12.3 Å². The number of hydrogen-bond acceptors (Lipinski definition) is 4. The molecule has 1 aliphatic heterocycles. The molecule has 1 amide bonds. The van der Waals surface area contributed by atoms with Crippen LogP contribution in [0.2, 0.25) is 10.0 Å². The van der Waals surface area contributed by atoms with Crippen LogP contribution in [0.1, 0.15) is 36.1 Å². The van der Waals surface area contributed by atoms with Crippen LogP contribution in [0, 0.1) is 6.92 Å². The van der Waals surface area contributed by atoms with E-state index in [9.17, 15) is 18.0 Å². The summed E-state index contributed by atoms with van der Waals surface area (Å²) >= 11 is 12.0. The lowest BCUT2D eigenvalue weighted by molar-refractivity contribution is -0.136. The maximum absolute atomic E-state index is 13.7. The molecule has 10 heteroatoms. The Labute approximate surface area is 187 Å². The minimum absolute atomic E-state index is 0.164. The number of carbonyl (C=O) groups excluding carboxylic acids is 1. The highest BCUT2D eigenvalue weighted by atomic mass is 35.5. The number of carbonyl (C=O) groups is 1. The number of halogens is 5. The first kappa shape index (κ1) is 23.2. The summed E-state index contributed by atoms with van der Waals surface area (Å²) < 4.78 is 46.0. The van der Waals surface area contributed by atoms with Crippen LogP contribution >= 0.6 is 23.2 Å². The van der Waals surface area contributed by atoms with Crippen molar-refractivity contribution >= 4 is 40.6 Å². The minimum atomic E-state index is -4.75. The molecule has 0 aliphatic carbocycles. The number of amides is 1. The summed E-state index contributed by atoms with van der Waals surface area (Å²) in [5.74, 6) is -1.19. The molecule has 1 heterocycles. The number of ether oxygens (including phenoxy) is 1. The maximum atomic E-state index is 13.7. The lowest BCUT2D eigenvalue weighted by Crippen LogP contribution is -2.18. The van der Waals surface area contributed by atoms with Crippen molar-refractivity contribution < 1.29 is 27.5 Å². The topological polar surface area (TPSA) is 59.6 Å². The Balaban J connectivity index is 2.04. The van der Waals surface area contributed by atoms with E-state index in [1.54, 1.807) is 25.1 Å². The van der Waals surface area contributed by atoms with E-state index in [4.69, 9.17) is 32.8 Å². The lowest BCUT2D eigenvalue weighted by atomic mass is 9.92. The van der Waals surface area contributed by atoms with E-state index in [1.807, 2.05) is 6.92 Å². The van der Waals surface area contributed by atoms with Crippen LogP contribution in [0.4, 0.5) is 23.7 Å². The van der Waals surface area contributed by atoms with Gasteiger partial charge in [-0.05, 0) is 54.3 Å². The average Bonchev–Trinajstić information content (AvgIpc) is 3.13. The van der Waals surface area contributed by atoms with Gasteiger partial charge in [0.15, 0.2) is 0 Å². The number of alkyl halides is 3. The zero-order valence-corrected chi connectivity index (χ0v) is 18.1. The molecule has 1 atom stereocenters. The lowest BCUT2D eigenvalue weighted by Gasteiger charge is -2.17. The Bertz CT molecular complexity index is 1010. The first-order chi connectivity index (χ1) is 14.6. The van der Waals surface area contributed by atoms with Crippen LogP contribution in [-0.2, 0) is 9.57 Å². The van der Waals surface area contributed by atoms with Gasteiger partial charge in [0, 0.05) is 21.3 Å². The molecule has 1 unspecified atom stereocenters. The summed E-state index contributed by atoms with van der Waals surface area (Å²) in [5.41, 5.74) is 3.98. The quantitative estimate of drug-likeness (QED) is 0.499. The Morgan fingerprint density at radius 1 is 1.19 bits per heavy atom. The maximum Gasteiger partial charge on any atom is 0.451 e. The third-order valence-corrected chi connectivity index (χ3v) is 4.95. The third-order valence-electron chi connectivity index (χ3n) is 4.51. The fourth-order valence-corrected chi connectivity index (χ4v) is 3.64. The monoisotopic (exact) mass is 474 g/mol. The van der Waals surface area contributed by atoms with Crippen LogP contribution in [0.15, 0.2) is 42.2 Å². The first-order valence-corrected chi connectivity index (χ1v) is 10.1. The zero-order valence-electron chi connectivity index (χ0n) is 16.6. The van der Waals surface area contributed by atoms with Gasteiger partial charge in [-0.3, -0.25) is 5.32 Å². The van der Waals surface area contributed by atoms with Gasteiger partial charge in [-0.1, -0.05) is 42.3 Å². The van der Waals surface area contributed by atoms with Crippen molar-refractivity contribution in [3.63, 3.8) is 0 Å². The summed E-state index contributed by atoms with van der Waals surface area (Å²) in [5, 5.41) is 2.99. The third kappa shape index (κ3) is 5.44. The second-order valence-electron chi connectivity index (χ2n) is 6.89. The largest absolute Gasteiger partial charge is 0.451 e. The molecule has 166 valence electrons. The van der Waals surface area contributed by atoms with E-state index in [1.165, 1.54) is 18.2 Å². The van der Waals surface area contributed by atoms with Gasteiger partial charge in [0.25, 0.3) is 0 Å². The van der Waals surface area contributed by atoms with E-state index in [2.05, 4.69) is 10.8 Å². The standard InChI is InChI=1S/C21H19Cl2F3N2O3/c1-3-6-30-20(29)27-16-9-12(5-4-11(16)2)18-17(19(31-28-18)21(24,25)26)13-7-14(22)10-15(23)8-13/h4-5,7-10,18,28H,3,6H2,1-2H3,(H,27,29). The number of aryl methyl sites for hydroxylation is 1. The van der Waals surface area contributed by atoms with Gasteiger partial charge in [0.05, 0.1) is 12.6 Å². The average molecular weight is 475 g/mol. The number of hydroxylamine groups is 1. The van der Waals surface area contributed by atoms with Crippen molar-refractivity contribution in [3.8, 4) is 0 Å². The number of nitrogens with one attached hydrogen (secondary N) is 2. The van der Waals surface area contributed by atoms with Crippen molar-refractivity contribution in [1.82, 2.24) is 5.48 Å². The molecule has 0 fully saturated rings. The van der Waals surface area contributed by atoms with Gasteiger partial charge in [-0.25, -0.2) is 4.79 Å². The van der Waals surface area contributed by atoms with Gasteiger partial charge in [0.1, 0.15) is 0 Å². The molecule has 0 spiro atoms. The molecule has 0 saturated carbocycles. The van der Waals surface area contributed by atoms with E-state index in [-0.39, 0.29) is 27.8 Å². The fraction of sp³-hybridized carbons (Fsp3) is 0.286. The second kappa shape index (κ2) is 9.38. The predicted molar refractivity (Wildman–Crippen MR) is 113 cm³/mol. The SMILES string of the molecule is CCCOC(=O)Nc1cc(C2NOC(C(F)(F)F)=C2c2cc(Cl)cc(Cl)c2)ccc1C. The van der Waals surface area contributed by atoms with Crippen molar-refractivity contribution in [2.24, 2.45) is 0 Å². The van der Waals surface area contributed by atoms with Crippen molar-refractivity contribution in [3.05, 3.63) is 68.9 Å². The Morgan fingerprint density at radius 3 is 2.48 bits per heavy atom. The molecule has 0 radical (unpaired) electrons. The molecule has 2 aromatic carbocycles. The highest BCUT2D eigenvalue weighted by Gasteiger charge is 2.46. The van der Waals surface area contributed by atoms with E-state index >= 15 is 0 Å². The molecule has 31 heavy (non-hydrogen) atoms. The van der Waals surface area contributed by atoms with Crippen molar-refractivity contribution in [2.45, 2.75) is 32.5 Å². The predicted octanol–water partition coefficient (Wildman–Crippen LogP) is 6.81. The summed E-state index contributed by atoms with van der Waals surface area (Å²) in [6, 6.07) is 8.09. The van der Waals surface area contributed by atoms with Gasteiger partial charge in [0.2, 0.25) is 5.76 Å². The van der Waals surface area contributed by atoms with Crippen LogP contribution in [-0.4, -0.2) is 18.9 Å². The van der Waals surface area contributed by atoms with Gasteiger partial charge < -0.3 is 9.57 Å². The van der Waals surface area contributed by atoms with Crippen LogP contribution in [0.3, 0.4) is 0 Å². The summed E-state index contributed by atoms with van der Waals surface area (Å²) in [6.45, 7) is 3.87. The molecule has 0 bridgehead atoms. The summed E-state index contributed by atoms with van der Waals surface area (Å²) in [4.78, 5) is 16.8. The first-order valence-electron chi connectivity index (χ1n) is 9.34. The molecule has 5 nitrogen and oxygen atoms in total. The highest BCUT2D eigenvalue weighted by molar-refractivity contribution is 6.34. The zero-order chi connectivity index (χ0) is 22.8. The molecular formula is C21H19Cl2F3N2O3. The Kier molecular flexibility index (Phi) is 7.03. The molecule has 2 N–H and O–H groups in total. The van der Waals surface area contributed by atoms with Crippen molar-refractivity contribution in [2.75, 3.05) is 11.9 Å². The van der Waals surface area contributed by atoms with E-state index < -0.39 is 24.1 Å². The molecule has 0 saturated heterocycles. The molecule has 3 rings (SSSR count). The highest BCUT2D eigenvalue weighted by Crippen LogP contribution is 2.45. The molecular weight excluding hydrogens is 456 g/mol. The minimum Gasteiger partial charge on any atom is -0.449 e. The smallest absolute Gasteiger partial charge is 0.449 e. The number of anilines is 1. The molecule has 0 aromatic heterocycles. The van der Waals surface area contributed by atoms with Crippen LogP contribution in [0.25, 0.3) is 5.57 Å². The van der Waals surface area contributed by atoms with E-state index in [0.717, 1.165) is 0 Å². The van der Waals surface area contributed by atoms with Crippen LogP contribution < -0.4 is 10.8 Å². The number of rotatable bonds is 5. The molecule has 2 aromatic rings. The van der Waals surface area contributed by atoms with Crippen molar-refractivity contribution in [1.29, 1.82) is 0 Å². The number of benzene rings is 2. The Hall–Kier alpha value is -2.42. The summed E-state index contributed by atoms with van der Waals surface area (Å²) in [6.07, 6.45) is -4.74. The molecule has 1 aliphatic rings. The van der Waals surface area contributed by atoms with Gasteiger partial charge in [-0.2, -0.15) is 13.2 Å². The summed E-state index contributed by atoms with van der Waals surface area (Å²) in [7, 11) is 0. The second-order valence-corrected chi connectivity index (χ2v) is 7.76. The normalized spacial score (nSPS) is 16.3. The number of hydrogen-bond donors (Lipinski definition) is 2. The van der Waals surface area contributed by atoms with Crippen LogP contribution in [0.5, 0.6) is 0 Å². The van der Waals surface area contributed by atoms with Gasteiger partial charge in [-0.15, -0.1) is 5.48 Å². The van der Waals surface area contributed by atoms with E-state index in [0.29, 0.717) is 23.2 Å². The number of allylic oxidation sites excluding steroid dienone is 1. The Morgan fingerprint density at radius 2 is 1.87 bits per heavy atom.